The second kappa shape index (κ2) is 4.46. The summed E-state index contributed by atoms with van der Waals surface area (Å²) in [7, 11) is 0. The number of carbonyl (C=O) groups excluding carboxylic acids is 2. The van der Waals surface area contributed by atoms with Crippen LogP contribution in [0.15, 0.2) is 36.4 Å². The van der Waals surface area contributed by atoms with Crippen molar-refractivity contribution in [1.29, 1.82) is 0 Å². The van der Waals surface area contributed by atoms with Gasteiger partial charge in [-0.2, -0.15) is 0 Å². The van der Waals surface area contributed by atoms with E-state index in [1.54, 1.807) is 0 Å². The summed E-state index contributed by atoms with van der Waals surface area (Å²) in [5, 5.41) is 0. The molecule has 0 heterocycles. The molecule has 1 aromatic rings. The zero-order chi connectivity index (χ0) is 10.6. The Labute approximate surface area is 81.1 Å². The predicted molar refractivity (Wildman–Crippen MR) is 50.6 cm³/mol. The zero-order valence-electron chi connectivity index (χ0n) is 7.66. The minimum Gasteiger partial charge on any atom is -0.295 e. The van der Waals surface area contributed by atoms with E-state index in [2.05, 4.69) is 0 Å². The molecule has 0 amide bonds. The molecule has 14 heavy (non-hydrogen) atoms. The molecule has 2 nitrogen and oxygen atoms in total. The Balaban J connectivity index is 2.80. The van der Waals surface area contributed by atoms with Crippen molar-refractivity contribution in [1.82, 2.24) is 0 Å². The Kier molecular flexibility index (Phi) is 3.29. The molecule has 0 radical (unpaired) electrons. The van der Waals surface area contributed by atoms with Crippen molar-refractivity contribution < 1.29 is 14.0 Å². The molecule has 0 spiro atoms. The molecule has 0 aliphatic heterocycles. The monoisotopic (exact) mass is 192 g/mol. The molecule has 1 rings (SSSR count). The van der Waals surface area contributed by atoms with Gasteiger partial charge in [-0.25, -0.2) is 4.39 Å². The van der Waals surface area contributed by atoms with Gasteiger partial charge in [0.1, 0.15) is 5.82 Å². The van der Waals surface area contributed by atoms with Crippen molar-refractivity contribution in [2.45, 2.75) is 6.92 Å². The lowest BCUT2D eigenvalue weighted by molar-refractivity contribution is -0.112. The average molecular weight is 192 g/mol. The molecule has 0 unspecified atom stereocenters. The first-order valence-electron chi connectivity index (χ1n) is 4.08. The SMILES string of the molecule is CC(=O)/C=C\C(=O)c1ccc(F)cc1. The lowest BCUT2D eigenvalue weighted by atomic mass is 10.1. The van der Waals surface area contributed by atoms with Gasteiger partial charge in [0.2, 0.25) is 0 Å². The van der Waals surface area contributed by atoms with Crippen LogP contribution in [0, 0.1) is 5.82 Å². The van der Waals surface area contributed by atoms with Crippen LogP contribution in [0.2, 0.25) is 0 Å². The quantitative estimate of drug-likeness (QED) is 0.543. The van der Waals surface area contributed by atoms with Crippen LogP contribution in [0.5, 0.6) is 0 Å². The van der Waals surface area contributed by atoms with Crippen LogP contribution >= 0.6 is 0 Å². The first-order valence-corrected chi connectivity index (χ1v) is 4.08. The highest BCUT2D eigenvalue weighted by Crippen LogP contribution is 2.04. The van der Waals surface area contributed by atoms with E-state index >= 15 is 0 Å². The largest absolute Gasteiger partial charge is 0.295 e. The van der Waals surface area contributed by atoms with Crippen LogP contribution < -0.4 is 0 Å². The lowest BCUT2D eigenvalue weighted by Gasteiger charge is -1.94. The van der Waals surface area contributed by atoms with Crippen LogP contribution in [0.3, 0.4) is 0 Å². The van der Waals surface area contributed by atoms with Crippen LogP contribution in [0.25, 0.3) is 0 Å². The number of benzene rings is 1. The van der Waals surface area contributed by atoms with E-state index < -0.39 is 5.82 Å². The van der Waals surface area contributed by atoms with E-state index in [9.17, 15) is 14.0 Å². The van der Waals surface area contributed by atoms with Gasteiger partial charge in [0.15, 0.2) is 11.6 Å². The molecule has 0 atom stereocenters. The second-order valence-corrected chi connectivity index (χ2v) is 2.82. The molecule has 1 aromatic carbocycles. The van der Waals surface area contributed by atoms with Crippen LogP contribution in [0.1, 0.15) is 17.3 Å². The predicted octanol–water partition coefficient (Wildman–Crippen LogP) is 2.15. The van der Waals surface area contributed by atoms with Crippen LogP contribution in [0.4, 0.5) is 4.39 Å². The van der Waals surface area contributed by atoms with Gasteiger partial charge in [0.25, 0.3) is 0 Å². The number of hydrogen-bond acceptors (Lipinski definition) is 2. The lowest BCUT2D eigenvalue weighted by Crippen LogP contribution is -1.95. The van der Waals surface area contributed by atoms with E-state index in [4.69, 9.17) is 0 Å². The van der Waals surface area contributed by atoms with Crippen molar-refractivity contribution in [3.05, 3.63) is 47.8 Å². The molecule has 0 aliphatic rings. The number of ketones is 2. The van der Waals surface area contributed by atoms with Crippen molar-refractivity contribution in [3.63, 3.8) is 0 Å². The molecule has 0 saturated carbocycles. The van der Waals surface area contributed by atoms with Crippen molar-refractivity contribution >= 4 is 11.6 Å². The summed E-state index contributed by atoms with van der Waals surface area (Å²) in [4.78, 5) is 21.8. The number of carbonyl (C=O) groups is 2. The normalized spacial score (nSPS) is 10.4. The number of allylic oxidation sites excluding steroid dienone is 2. The van der Waals surface area contributed by atoms with Crippen LogP contribution in [-0.4, -0.2) is 11.6 Å². The molecule has 0 saturated heterocycles. The summed E-state index contributed by atoms with van der Waals surface area (Å²) in [5.41, 5.74) is 0.365. The topological polar surface area (TPSA) is 34.1 Å². The maximum Gasteiger partial charge on any atom is 0.185 e. The fraction of sp³-hybridized carbons (Fsp3) is 0.0909. The molecular weight excluding hydrogens is 183 g/mol. The Hall–Kier alpha value is -1.77. The molecule has 0 fully saturated rings. The zero-order valence-corrected chi connectivity index (χ0v) is 7.66. The highest BCUT2D eigenvalue weighted by atomic mass is 19.1. The second-order valence-electron chi connectivity index (χ2n) is 2.82. The number of halogens is 1. The summed E-state index contributed by atoms with van der Waals surface area (Å²) in [6.45, 7) is 1.36. The standard InChI is InChI=1S/C11H9FO2/c1-8(13)2-7-11(14)9-3-5-10(12)6-4-9/h2-7H,1H3/b7-2-. The molecular formula is C11H9FO2. The Morgan fingerprint density at radius 2 is 1.71 bits per heavy atom. The summed E-state index contributed by atoms with van der Waals surface area (Å²) < 4.78 is 12.5. The molecule has 0 N–H and O–H groups in total. The molecule has 0 aliphatic carbocycles. The maximum atomic E-state index is 12.5. The van der Waals surface area contributed by atoms with Crippen molar-refractivity contribution in [2.24, 2.45) is 0 Å². The third kappa shape index (κ3) is 2.94. The van der Waals surface area contributed by atoms with Crippen LogP contribution in [-0.2, 0) is 4.79 Å². The van der Waals surface area contributed by atoms with Gasteiger partial charge in [-0.15, -0.1) is 0 Å². The van der Waals surface area contributed by atoms with E-state index in [1.807, 2.05) is 0 Å². The van der Waals surface area contributed by atoms with E-state index in [0.29, 0.717) is 5.56 Å². The minimum atomic E-state index is -0.392. The Bertz CT molecular complexity index is 377. The van der Waals surface area contributed by atoms with Gasteiger partial charge in [0.05, 0.1) is 0 Å². The van der Waals surface area contributed by atoms with E-state index in [0.717, 1.165) is 0 Å². The van der Waals surface area contributed by atoms with Gasteiger partial charge in [-0.1, -0.05) is 0 Å². The summed E-state index contributed by atoms with van der Waals surface area (Å²) in [6.07, 6.45) is 2.36. The van der Waals surface area contributed by atoms with Gasteiger partial charge in [0, 0.05) is 5.56 Å². The van der Waals surface area contributed by atoms with Gasteiger partial charge < -0.3 is 0 Å². The number of hydrogen-bond donors (Lipinski definition) is 0. The first-order chi connectivity index (χ1) is 6.59. The summed E-state index contributed by atoms with van der Waals surface area (Å²) >= 11 is 0. The average Bonchev–Trinajstić information content (AvgIpc) is 2.15. The van der Waals surface area contributed by atoms with Gasteiger partial charge >= 0.3 is 0 Å². The van der Waals surface area contributed by atoms with Crippen molar-refractivity contribution in [2.75, 3.05) is 0 Å². The Morgan fingerprint density at radius 1 is 1.14 bits per heavy atom. The highest BCUT2D eigenvalue weighted by molar-refractivity contribution is 6.07. The smallest absolute Gasteiger partial charge is 0.185 e. The first kappa shape index (κ1) is 10.3. The number of rotatable bonds is 3. The molecule has 0 bridgehead atoms. The third-order valence-corrected chi connectivity index (χ3v) is 1.60. The summed E-state index contributed by atoms with van der Waals surface area (Å²) in [6, 6.07) is 5.16. The van der Waals surface area contributed by atoms with Gasteiger partial charge in [-0.3, -0.25) is 9.59 Å². The molecule has 0 aromatic heterocycles. The minimum absolute atomic E-state index is 0.194. The van der Waals surface area contributed by atoms with E-state index in [1.165, 1.54) is 43.3 Å². The fourth-order valence-corrected chi connectivity index (χ4v) is 0.903. The third-order valence-electron chi connectivity index (χ3n) is 1.60. The molecule has 3 heteroatoms. The maximum absolute atomic E-state index is 12.5. The summed E-state index contributed by atoms with van der Waals surface area (Å²) in [5.74, 6) is -0.891. The fourth-order valence-electron chi connectivity index (χ4n) is 0.903. The van der Waals surface area contributed by atoms with Gasteiger partial charge in [-0.05, 0) is 43.3 Å². The van der Waals surface area contributed by atoms with Crippen molar-refractivity contribution in [3.8, 4) is 0 Å². The highest BCUT2D eigenvalue weighted by Gasteiger charge is 2.01. The van der Waals surface area contributed by atoms with E-state index in [-0.39, 0.29) is 11.6 Å². The Morgan fingerprint density at radius 3 is 2.21 bits per heavy atom. The molecule has 72 valence electrons.